The smallest absolute Gasteiger partial charge is 0.166 e. The van der Waals surface area contributed by atoms with E-state index in [2.05, 4.69) is 25.2 Å². The van der Waals surface area contributed by atoms with Crippen LogP contribution < -0.4 is 0 Å². The van der Waals surface area contributed by atoms with Crippen LogP contribution in [0.15, 0.2) is 72.8 Å². The van der Waals surface area contributed by atoms with E-state index in [-0.39, 0.29) is 11.4 Å². The van der Waals surface area contributed by atoms with Gasteiger partial charge in [-0.05, 0) is 110 Å². The van der Waals surface area contributed by atoms with Crippen molar-refractivity contribution in [2.24, 2.45) is 17.8 Å². The van der Waals surface area contributed by atoms with Crippen molar-refractivity contribution in [2.75, 3.05) is 0 Å². The maximum atomic E-state index is 15.2. The fourth-order valence-electron chi connectivity index (χ4n) is 6.49. The van der Waals surface area contributed by atoms with Crippen molar-refractivity contribution in [3.63, 3.8) is 0 Å². The Kier molecular flexibility index (Phi) is 8.21. The Balaban J connectivity index is 1.26. The lowest BCUT2D eigenvalue weighted by Gasteiger charge is -2.34. The highest BCUT2D eigenvalue weighted by Gasteiger charge is 2.28. The van der Waals surface area contributed by atoms with Gasteiger partial charge in [-0.1, -0.05) is 73.7 Å². The van der Waals surface area contributed by atoms with Crippen LogP contribution in [0.4, 0.5) is 13.2 Å². The van der Waals surface area contributed by atoms with Crippen LogP contribution in [0.25, 0.3) is 27.8 Å². The fourth-order valence-corrected chi connectivity index (χ4v) is 6.49. The van der Waals surface area contributed by atoms with E-state index in [1.54, 1.807) is 49.4 Å². The second-order valence-electron chi connectivity index (χ2n) is 11.0. The molecule has 0 nitrogen and oxygen atoms in total. The molecule has 38 heavy (non-hydrogen) atoms. The third-order valence-corrected chi connectivity index (χ3v) is 8.79. The summed E-state index contributed by atoms with van der Waals surface area (Å²) in [6, 6.07) is 15.7. The Labute approximate surface area is 225 Å². The van der Waals surface area contributed by atoms with Crippen molar-refractivity contribution < 1.29 is 13.2 Å². The zero-order valence-electron chi connectivity index (χ0n) is 22.5. The van der Waals surface area contributed by atoms with Crippen molar-refractivity contribution >= 4 is 5.57 Å². The summed E-state index contributed by atoms with van der Waals surface area (Å²) >= 11 is 0. The predicted molar refractivity (Wildman–Crippen MR) is 152 cm³/mol. The molecule has 0 saturated heterocycles. The highest BCUT2D eigenvalue weighted by atomic mass is 19.2. The van der Waals surface area contributed by atoms with Crippen molar-refractivity contribution in [1.82, 2.24) is 0 Å². The Morgan fingerprint density at radius 2 is 1.39 bits per heavy atom. The largest absolute Gasteiger partial charge is 0.206 e. The topological polar surface area (TPSA) is 0 Å². The molecule has 3 aromatic carbocycles. The van der Waals surface area contributed by atoms with Gasteiger partial charge >= 0.3 is 0 Å². The average molecular weight is 515 g/mol. The molecule has 0 spiro atoms. The molecule has 0 N–H and O–H groups in total. The first-order valence-electron chi connectivity index (χ1n) is 14.2. The molecule has 3 aromatic rings. The van der Waals surface area contributed by atoms with Gasteiger partial charge < -0.3 is 0 Å². The standard InChI is InChI=1S/C35H37F3/c1-3-5-23-6-8-25(9-7-23)26-10-12-27(13-11-26)30-19-20-31(33(36)22-30)28-14-16-29(17-15-28)32-21-18-24(4-2)34(37)35(32)38/h3,5,12,14-23,25-26H,4,6-11,13H2,1-2H3/b5-3+. The van der Waals surface area contributed by atoms with Crippen LogP contribution in [0.1, 0.15) is 69.9 Å². The molecule has 0 heterocycles. The second kappa shape index (κ2) is 11.8. The summed E-state index contributed by atoms with van der Waals surface area (Å²) in [5, 5.41) is 0. The number of aryl methyl sites for hydroxylation is 1. The van der Waals surface area contributed by atoms with Crippen molar-refractivity contribution in [2.45, 2.75) is 65.2 Å². The molecule has 0 bridgehead atoms. The third-order valence-electron chi connectivity index (χ3n) is 8.79. The summed E-state index contributed by atoms with van der Waals surface area (Å²) < 4.78 is 44.1. The molecule has 198 valence electrons. The van der Waals surface area contributed by atoms with Gasteiger partial charge in [0.05, 0.1) is 0 Å². The number of allylic oxidation sites excluding steroid dienone is 4. The van der Waals surface area contributed by atoms with Crippen LogP contribution in [0.2, 0.25) is 0 Å². The van der Waals surface area contributed by atoms with Gasteiger partial charge in [-0.15, -0.1) is 0 Å². The first-order valence-corrected chi connectivity index (χ1v) is 14.2. The van der Waals surface area contributed by atoms with Gasteiger partial charge in [0, 0.05) is 11.1 Å². The molecule has 1 unspecified atom stereocenters. The third kappa shape index (κ3) is 5.53. The van der Waals surface area contributed by atoms with Crippen molar-refractivity contribution in [3.05, 3.63) is 101 Å². The van der Waals surface area contributed by atoms with E-state index in [0.717, 1.165) is 41.7 Å². The summed E-state index contributed by atoms with van der Waals surface area (Å²) in [5.41, 5.74) is 4.60. The molecule has 0 radical (unpaired) electrons. The zero-order valence-corrected chi connectivity index (χ0v) is 22.5. The normalized spacial score (nSPS) is 22.0. The van der Waals surface area contributed by atoms with E-state index in [9.17, 15) is 8.78 Å². The van der Waals surface area contributed by atoms with Crippen LogP contribution >= 0.6 is 0 Å². The minimum absolute atomic E-state index is 0.218. The maximum Gasteiger partial charge on any atom is 0.166 e. The highest BCUT2D eigenvalue weighted by Crippen LogP contribution is 2.42. The Bertz CT molecular complexity index is 1320. The summed E-state index contributed by atoms with van der Waals surface area (Å²) in [6.07, 6.45) is 15.9. The Morgan fingerprint density at radius 1 is 0.737 bits per heavy atom. The van der Waals surface area contributed by atoms with Gasteiger partial charge in [0.2, 0.25) is 0 Å². The highest BCUT2D eigenvalue weighted by molar-refractivity contribution is 5.74. The van der Waals surface area contributed by atoms with Crippen molar-refractivity contribution in [3.8, 4) is 22.3 Å². The molecule has 3 heteroatoms. The molecular formula is C35H37F3. The molecule has 0 amide bonds. The second-order valence-corrected chi connectivity index (χ2v) is 11.0. The van der Waals surface area contributed by atoms with E-state index < -0.39 is 11.6 Å². The summed E-state index contributed by atoms with van der Waals surface area (Å²) in [6.45, 7) is 3.91. The molecule has 5 rings (SSSR count). The summed E-state index contributed by atoms with van der Waals surface area (Å²) in [5.74, 6) is 0.452. The lowest BCUT2D eigenvalue weighted by atomic mass is 9.71. The van der Waals surface area contributed by atoms with Gasteiger partial charge in [-0.25, -0.2) is 13.2 Å². The van der Waals surface area contributed by atoms with Gasteiger partial charge in [0.1, 0.15) is 5.82 Å². The monoisotopic (exact) mass is 514 g/mol. The van der Waals surface area contributed by atoms with E-state index in [1.165, 1.54) is 37.7 Å². The van der Waals surface area contributed by atoms with Crippen LogP contribution in [0.3, 0.4) is 0 Å². The number of hydrogen-bond acceptors (Lipinski definition) is 0. The number of hydrogen-bond donors (Lipinski definition) is 0. The average Bonchev–Trinajstić information content (AvgIpc) is 2.95. The maximum absolute atomic E-state index is 15.2. The number of halogens is 3. The molecular weight excluding hydrogens is 477 g/mol. The van der Waals surface area contributed by atoms with Crippen LogP contribution in [-0.4, -0.2) is 0 Å². The summed E-state index contributed by atoms with van der Waals surface area (Å²) in [4.78, 5) is 0. The van der Waals surface area contributed by atoms with Crippen LogP contribution in [-0.2, 0) is 6.42 Å². The predicted octanol–water partition coefficient (Wildman–Crippen LogP) is 10.6. The number of rotatable bonds is 6. The van der Waals surface area contributed by atoms with Gasteiger partial charge in [-0.2, -0.15) is 0 Å². The molecule has 1 atom stereocenters. The van der Waals surface area contributed by atoms with E-state index >= 15 is 4.39 Å². The lowest BCUT2D eigenvalue weighted by molar-refractivity contribution is 0.212. The SMILES string of the molecule is C/C=C/C1CCC(C2CC=C(c3ccc(-c4ccc(-c5ccc(CC)c(F)c5F)cc4)c(F)c3)CC2)CC1. The van der Waals surface area contributed by atoms with Gasteiger partial charge in [0.15, 0.2) is 11.6 Å². The minimum atomic E-state index is -0.836. The fraction of sp³-hybridized carbons (Fsp3) is 0.371. The molecule has 0 aromatic heterocycles. The van der Waals surface area contributed by atoms with E-state index in [0.29, 0.717) is 23.1 Å². The number of benzene rings is 3. The quantitative estimate of drug-likeness (QED) is 0.287. The van der Waals surface area contributed by atoms with E-state index in [4.69, 9.17) is 0 Å². The lowest BCUT2D eigenvalue weighted by Crippen LogP contribution is -2.22. The molecule has 2 aliphatic rings. The first kappa shape index (κ1) is 26.5. The van der Waals surface area contributed by atoms with Gasteiger partial charge in [0.25, 0.3) is 0 Å². The Hall–Kier alpha value is -3.07. The van der Waals surface area contributed by atoms with Crippen molar-refractivity contribution in [1.29, 1.82) is 0 Å². The molecule has 0 aliphatic heterocycles. The molecule has 2 aliphatic carbocycles. The van der Waals surface area contributed by atoms with Crippen LogP contribution in [0.5, 0.6) is 0 Å². The summed E-state index contributed by atoms with van der Waals surface area (Å²) in [7, 11) is 0. The minimum Gasteiger partial charge on any atom is -0.206 e. The van der Waals surface area contributed by atoms with Gasteiger partial charge in [-0.3, -0.25) is 0 Å². The first-order chi connectivity index (χ1) is 18.5. The van der Waals surface area contributed by atoms with E-state index in [1.807, 2.05) is 12.1 Å². The molecule has 1 fully saturated rings. The van der Waals surface area contributed by atoms with Crippen LogP contribution in [0, 0.1) is 35.2 Å². The Morgan fingerprint density at radius 3 is 2.00 bits per heavy atom. The molecule has 1 saturated carbocycles. The zero-order chi connectivity index (χ0) is 26.6.